The molecular formula is C18H14Cl2N2O3S. The van der Waals surface area contributed by atoms with Crippen molar-refractivity contribution in [3.05, 3.63) is 60.4 Å². The Labute approximate surface area is 163 Å². The molecule has 0 aliphatic carbocycles. The van der Waals surface area contributed by atoms with Crippen LogP contribution in [0, 0.1) is 6.92 Å². The van der Waals surface area contributed by atoms with Crippen LogP contribution in [0.4, 0.5) is 0 Å². The summed E-state index contributed by atoms with van der Waals surface area (Å²) in [5, 5.41) is 1.47. The molecule has 0 radical (unpaired) electrons. The third kappa shape index (κ3) is 2.92. The summed E-state index contributed by atoms with van der Waals surface area (Å²) < 4.78 is 7.09. The molecule has 1 aromatic carbocycles. The Hall–Kier alpha value is -1.89. The smallest absolute Gasteiger partial charge is 0.349 e. The molecule has 3 heterocycles. The average Bonchev–Trinajstić information content (AvgIpc) is 3.19. The first-order valence-electron chi connectivity index (χ1n) is 8.09. The summed E-state index contributed by atoms with van der Waals surface area (Å²) in [6.07, 6.45) is 1.71. The van der Waals surface area contributed by atoms with Crippen molar-refractivity contribution in [2.45, 2.75) is 32.9 Å². The minimum atomic E-state index is -0.485. The van der Waals surface area contributed by atoms with Gasteiger partial charge in [0, 0.05) is 28.6 Å². The van der Waals surface area contributed by atoms with Gasteiger partial charge < -0.3 is 4.74 Å². The second-order valence-corrected chi connectivity index (χ2v) is 7.98. The lowest BCUT2D eigenvalue weighted by atomic mass is 10.2. The summed E-state index contributed by atoms with van der Waals surface area (Å²) in [6.45, 7) is 2.47. The number of benzene rings is 1. The molecule has 5 nitrogen and oxygen atoms in total. The lowest BCUT2D eigenvalue weighted by Crippen LogP contribution is -2.20. The highest BCUT2D eigenvalue weighted by Crippen LogP contribution is 2.30. The number of aryl methyl sites for hydroxylation is 2. The van der Waals surface area contributed by atoms with E-state index < -0.39 is 5.97 Å². The molecule has 26 heavy (non-hydrogen) atoms. The first-order chi connectivity index (χ1) is 12.5. The van der Waals surface area contributed by atoms with Gasteiger partial charge >= 0.3 is 5.97 Å². The first-order valence-corrected chi connectivity index (χ1v) is 9.67. The molecule has 4 rings (SSSR count). The van der Waals surface area contributed by atoms with Crippen molar-refractivity contribution in [1.82, 2.24) is 9.55 Å². The molecule has 0 bridgehead atoms. The summed E-state index contributed by atoms with van der Waals surface area (Å²) in [5.74, 6) is 0.303. The Bertz CT molecular complexity index is 1100. The molecule has 0 unspecified atom stereocenters. The third-order valence-corrected chi connectivity index (χ3v) is 6.22. The molecule has 0 saturated carbocycles. The van der Waals surface area contributed by atoms with Crippen molar-refractivity contribution >= 4 is 50.7 Å². The van der Waals surface area contributed by atoms with Crippen LogP contribution in [0.3, 0.4) is 0 Å². The fourth-order valence-electron chi connectivity index (χ4n) is 3.12. The molecule has 0 saturated heterocycles. The Morgan fingerprint density at radius 2 is 2.19 bits per heavy atom. The highest BCUT2D eigenvalue weighted by molar-refractivity contribution is 7.20. The van der Waals surface area contributed by atoms with E-state index >= 15 is 0 Å². The van der Waals surface area contributed by atoms with Crippen molar-refractivity contribution in [2.75, 3.05) is 0 Å². The van der Waals surface area contributed by atoms with Crippen molar-refractivity contribution in [3.8, 4) is 0 Å². The largest absolute Gasteiger partial charge is 0.457 e. The zero-order valence-corrected chi connectivity index (χ0v) is 16.2. The van der Waals surface area contributed by atoms with E-state index in [0.29, 0.717) is 42.8 Å². The van der Waals surface area contributed by atoms with Gasteiger partial charge in [-0.2, -0.15) is 0 Å². The van der Waals surface area contributed by atoms with Crippen molar-refractivity contribution < 1.29 is 9.53 Å². The van der Waals surface area contributed by atoms with E-state index in [4.69, 9.17) is 27.9 Å². The lowest BCUT2D eigenvalue weighted by Gasteiger charge is -2.06. The van der Waals surface area contributed by atoms with Crippen LogP contribution in [0.2, 0.25) is 10.0 Å². The van der Waals surface area contributed by atoms with Gasteiger partial charge in [-0.15, -0.1) is 11.3 Å². The van der Waals surface area contributed by atoms with Gasteiger partial charge in [0.15, 0.2) is 0 Å². The van der Waals surface area contributed by atoms with E-state index in [1.54, 1.807) is 29.7 Å². The van der Waals surface area contributed by atoms with Gasteiger partial charge in [0.2, 0.25) is 0 Å². The van der Waals surface area contributed by atoms with E-state index in [2.05, 4.69) is 4.98 Å². The summed E-state index contributed by atoms with van der Waals surface area (Å²) in [4.78, 5) is 30.8. The topological polar surface area (TPSA) is 61.2 Å². The fraction of sp³-hybridized carbons (Fsp3) is 0.278. The van der Waals surface area contributed by atoms with Gasteiger partial charge in [-0.25, -0.2) is 9.78 Å². The predicted molar refractivity (Wildman–Crippen MR) is 103 cm³/mol. The maximum atomic E-state index is 12.7. The number of ether oxygens (including phenoxy) is 1. The number of hydrogen-bond donors (Lipinski definition) is 0. The second kappa shape index (κ2) is 6.68. The molecule has 0 spiro atoms. The zero-order valence-electron chi connectivity index (χ0n) is 13.8. The molecule has 0 N–H and O–H groups in total. The Kier molecular flexibility index (Phi) is 4.50. The number of halogens is 2. The SMILES string of the molecule is Cc1c(C(=O)OCc2ccc(Cl)cc2Cl)sc2nc3n(c(=O)c12)CCC3. The second-order valence-electron chi connectivity index (χ2n) is 6.14. The van der Waals surface area contributed by atoms with E-state index in [-0.39, 0.29) is 12.2 Å². The monoisotopic (exact) mass is 408 g/mol. The van der Waals surface area contributed by atoms with Gasteiger partial charge in [0.1, 0.15) is 22.1 Å². The number of fused-ring (bicyclic) bond motifs is 2. The lowest BCUT2D eigenvalue weighted by molar-refractivity contribution is 0.0478. The van der Waals surface area contributed by atoms with Gasteiger partial charge in [0.25, 0.3) is 5.56 Å². The van der Waals surface area contributed by atoms with Crippen molar-refractivity contribution in [3.63, 3.8) is 0 Å². The highest BCUT2D eigenvalue weighted by atomic mass is 35.5. The average molecular weight is 409 g/mol. The van der Waals surface area contributed by atoms with E-state index in [1.807, 2.05) is 0 Å². The molecule has 0 amide bonds. The first kappa shape index (κ1) is 17.5. The van der Waals surface area contributed by atoms with Crippen LogP contribution in [0.5, 0.6) is 0 Å². The maximum absolute atomic E-state index is 12.7. The van der Waals surface area contributed by atoms with Crippen molar-refractivity contribution in [2.24, 2.45) is 0 Å². The molecule has 2 aromatic heterocycles. The minimum Gasteiger partial charge on any atom is -0.457 e. The molecule has 1 aliphatic rings. The molecule has 134 valence electrons. The summed E-state index contributed by atoms with van der Waals surface area (Å²) in [5.41, 5.74) is 1.22. The zero-order chi connectivity index (χ0) is 18.4. The number of carbonyl (C=O) groups excluding carboxylic acids is 1. The highest BCUT2D eigenvalue weighted by Gasteiger charge is 2.24. The van der Waals surface area contributed by atoms with Gasteiger partial charge in [-0.1, -0.05) is 29.3 Å². The Balaban J connectivity index is 1.64. The summed E-state index contributed by atoms with van der Waals surface area (Å²) in [6, 6.07) is 5.01. The van der Waals surface area contributed by atoms with Gasteiger partial charge in [-0.3, -0.25) is 9.36 Å². The van der Waals surface area contributed by atoms with Crippen molar-refractivity contribution in [1.29, 1.82) is 0 Å². The predicted octanol–water partition coefficient (Wildman–Crippen LogP) is 4.38. The van der Waals surface area contributed by atoms with Crippen LogP contribution < -0.4 is 5.56 Å². The number of thiophene rings is 1. The van der Waals surface area contributed by atoms with Crippen LogP contribution in [0.1, 0.15) is 33.0 Å². The quantitative estimate of drug-likeness (QED) is 0.603. The molecule has 0 atom stereocenters. The van der Waals surface area contributed by atoms with Crippen LogP contribution in [-0.2, 0) is 24.3 Å². The van der Waals surface area contributed by atoms with E-state index in [1.165, 1.54) is 11.3 Å². The number of nitrogens with zero attached hydrogens (tertiary/aromatic N) is 2. The molecule has 1 aliphatic heterocycles. The molecular weight excluding hydrogens is 395 g/mol. The summed E-state index contributed by atoms with van der Waals surface area (Å²) >= 11 is 13.2. The third-order valence-electron chi connectivity index (χ3n) is 4.47. The number of hydrogen-bond acceptors (Lipinski definition) is 5. The Morgan fingerprint density at radius 3 is 2.96 bits per heavy atom. The van der Waals surface area contributed by atoms with E-state index in [9.17, 15) is 9.59 Å². The normalized spacial score (nSPS) is 13.2. The molecule has 8 heteroatoms. The van der Waals surface area contributed by atoms with E-state index in [0.717, 1.165) is 18.7 Å². The number of esters is 1. The fourth-order valence-corrected chi connectivity index (χ4v) is 4.66. The van der Waals surface area contributed by atoms with Crippen LogP contribution in [-0.4, -0.2) is 15.5 Å². The molecule has 3 aromatic rings. The minimum absolute atomic E-state index is 0.0332. The van der Waals surface area contributed by atoms with Crippen LogP contribution >= 0.6 is 34.5 Å². The van der Waals surface area contributed by atoms with Crippen LogP contribution in [0.25, 0.3) is 10.2 Å². The summed E-state index contributed by atoms with van der Waals surface area (Å²) in [7, 11) is 0. The van der Waals surface area contributed by atoms with Gasteiger partial charge in [-0.05, 0) is 31.0 Å². The van der Waals surface area contributed by atoms with Gasteiger partial charge in [0.05, 0.1) is 5.39 Å². The number of rotatable bonds is 3. The molecule has 0 fully saturated rings. The number of carbonyl (C=O) groups is 1. The standard InChI is InChI=1S/C18H14Cl2N2O3S/c1-9-14-16(21-13-3-2-6-22(13)17(14)23)26-15(9)18(24)25-8-10-4-5-11(19)7-12(10)20/h4-5,7H,2-3,6,8H2,1H3. The Morgan fingerprint density at radius 1 is 1.38 bits per heavy atom. The maximum Gasteiger partial charge on any atom is 0.349 e. The number of aromatic nitrogens is 2. The van der Waals surface area contributed by atoms with Crippen LogP contribution in [0.15, 0.2) is 23.0 Å².